The molecule has 0 heterocycles. The molecule has 0 fully saturated rings. The summed E-state index contributed by atoms with van der Waals surface area (Å²) in [5.41, 5.74) is 6.67. The first-order valence-corrected chi connectivity index (χ1v) is 4.72. The van der Waals surface area contributed by atoms with E-state index in [0.717, 1.165) is 5.56 Å². The minimum absolute atomic E-state index is 0.107. The maximum atomic E-state index is 12.8. The van der Waals surface area contributed by atoms with E-state index in [1.54, 1.807) is 19.2 Å². The van der Waals surface area contributed by atoms with Crippen LogP contribution in [0.2, 0.25) is 5.02 Å². The fraction of sp³-hybridized carbons (Fsp3) is 0.400. The summed E-state index contributed by atoms with van der Waals surface area (Å²) < 4.78 is 17.7. The maximum Gasteiger partial charge on any atom is 0.141 e. The molecule has 1 atom stereocenters. The van der Waals surface area contributed by atoms with E-state index in [1.807, 2.05) is 0 Å². The van der Waals surface area contributed by atoms with Gasteiger partial charge in [-0.3, -0.25) is 0 Å². The summed E-state index contributed by atoms with van der Waals surface area (Å²) in [5.74, 6) is -0.422. The Labute approximate surface area is 87.8 Å². The van der Waals surface area contributed by atoms with Crippen molar-refractivity contribution in [3.05, 3.63) is 34.6 Å². The fourth-order valence-electron chi connectivity index (χ4n) is 1.15. The van der Waals surface area contributed by atoms with Gasteiger partial charge in [0.05, 0.1) is 5.02 Å². The van der Waals surface area contributed by atoms with Gasteiger partial charge in [0.15, 0.2) is 0 Å². The van der Waals surface area contributed by atoms with Gasteiger partial charge in [0.2, 0.25) is 0 Å². The van der Waals surface area contributed by atoms with Crippen LogP contribution in [0.25, 0.3) is 0 Å². The molecule has 0 aliphatic carbocycles. The first-order valence-electron chi connectivity index (χ1n) is 4.34. The summed E-state index contributed by atoms with van der Waals surface area (Å²) in [7, 11) is 1.62. The third-order valence-corrected chi connectivity index (χ3v) is 2.29. The summed E-state index contributed by atoms with van der Waals surface area (Å²) in [6.07, 6.45) is 0.693. The van der Waals surface area contributed by atoms with Crippen LogP contribution < -0.4 is 5.73 Å². The lowest BCUT2D eigenvalue weighted by molar-refractivity contribution is 0.188. The summed E-state index contributed by atoms with van der Waals surface area (Å²) in [6, 6.07) is 4.36. The predicted molar refractivity (Wildman–Crippen MR) is 54.8 cm³/mol. The Morgan fingerprint density at radius 3 is 2.86 bits per heavy atom. The molecule has 0 saturated heterocycles. The molecule has 0 radical (unpaired) electrons. The topological polar surface area (TPSA) is 35.2 Å². The summed E-state index contributed by atoms with van der Waals surface area (Å²) >= 11 is 5.63. The van der Waals surface area contributed by atoms with Crippen LogP contribution >= 0.6 is 11.6 Å². The Hall–Kier alpha value is -0.640. The molecule has 0 spiro atoms. The van der Waals surface area contributed by atoms with E-state index < -0.39 is 5.82 Å². The lowest BCUT2D eigenvalue weighted by Gasteiger charge is -2.11. The molecule has 2 N–H and O–H groups in total. The average molecular weight is 218 g/mol. The van der Waals surface area contributed by atoms with E-state index in [9.17, 15) is 4.39 Å². The molecular weight excluding hydrogens is 205 g/mol. The Bertz CT molecular complexity index is 306. The van der Waals surface area contributed by atoms with Gasteiger partial charge in [0.1, 0.15) is 5.82 Å². The van der Waals surface area contributed by atoms with Crippen LogP contribution in [0.4, 0.5) is 4.39 Å². The average Bonchev–Trinajstić information content (AvgIpc) is 2.18. The third-order valence-electron chi connectivity index (χ3n) is 2.00. The van der Waals surface area contributed by atoms with Crippen LogP contribution in [0.15, 0.2) is 18.2 Å². The van der Waals surface area contributed by atoms with Crippen molar-refractivity contribution < 1.29 is 9.13 Å². The molecule has 0 saturated carbocycles. The van der Waals surface area contributed by atoms with Crippen LogP contribution in [-0.4, -0.2) is 13.7 Å². The SMILES string of the molecule is COCCC(N)c1ccc(F)c(Cl)c1. The van der Waals surface area contributed by atoms with Gasteiger partial charge in [0.25, 0.3) is 0 Å². The standard InChI is InChI=1S/C10H13ClFNO/c1-14-5-4-10(13)7-2-3-9(12)8(11)6-7/h2-3,6,10H,4-5,13H2,1H3. The second-order valence-electron chi connectivity index (χ2n) is 3.06. The van der Waals surface area contributed by atoms with E-state index in [4.69, 9.17) is 22.1 Å². The number of ether oxygens (including phenoxy) is 1. The van der Waals surface area contributed by atoms with Crippen LogP contribution in [0.3, 0.4) is 0 Å². The monoisotopic (exact) mass is 217 g/mol. The van der Waals surface area contributed by atoms with Crippen LogP contribution in [0, 0.1) is 5.82 Å². The highest BCUT2D eigenvalue weighted by atomic mass is 35.5. The summed E-state index contributed by atoms with van der Waals surface area (Å²) in [4.78, 5) is 0. The molecule has 78 valence electrons. The molecular formula is C10H13ClFNO. The molecule has 2 nitrogen and oxygen atoms in total. The molecule has 1 rings (SSSR count). The van der Waals surface area contributed by atoms with Gasteiger partial charge in [-0.05, 0) is 24.1 Å². The summed E-state index contributed by atoms with van der Waals surface area (Å²) in [6.45, 7) is 0.580. The number of hydrogen-bond donors (Lipinski definition) is 1. The zero-order chi connectivity index (χ0) is 10.6. The van der Waals surface area contributed by atoms with Gasteiger partial charge in [0, 0.05) is 19.8 Å². The number of hydrogen-bond acceptors (Lipinski definition) is 2. The van der Waals surface area contributed by atoms with Crippen molar-refractivity contribution in [2.75, 3.05) is 13.7 Å². The first-order chi connectivity index (χ1) is 6.65. The molecule has 0 amide bonds. The van der Waals surface area contributed by atoms with Gasteiger partial charge in [-0.1, -0.05) is 17.7 Å². The Balaban J connectivity index is 2.70. The lowest BCUT2D eigenvalue weighted by atomic mass is 10.1. The highest BCUT2D eigenvalue weighted by Crippen LogP contribution is 2.21. The quantitative estimate of drug-likeness (QED) is 0.841. The number of halogens is 2. The largest absolute Gasteiger partial charge is 0.385 e. The van der Waals surface area contributed by atoms with Crippen LogP contribution in [0.1, 0.15) is 18.0 Å². The Kier molecular flexibility index (Phi) is 4.32. The van der Waals surface area contributed by atoms with Crippen molar-refractivity contribution in [3.8, 4) is 0 Å². The molecule has 1 aromatic carbocycles. The molecule has 1 aromatic rings. The third kappa shape index (κ3) is 2.94. The van der Waals surface area contributed by atoms with E-state index in [-0.39, 0.29) is 11.1 Å². The van der Waals surface area contributed by atoms with Gasteiger partial charge in [-0.15, -0.1) is 0 Å². The minimum atomic E-state index is -0.422. The lowest BCUT2D eigenvalue weighted by Crippen LogP contribution is -2.12. The predicted octanol–water partition coefficient (Wildman–Crippen LogP) is 2.52. The number of benzene rings is 1. The van der Waals surface area contributed by atoms with Gasteiger partial charge in [-0.25, -0.2) is 4.39 Å². The van der Waals surface area contributed by atoms with Crippen molar-refractivity contribution in [1.82, 2.24) is 0 Å². The number of nitrogens with two attached hydrogens (primary N) is 1. The molecule has 0 bridgehead atoms. The van der Waals surface area contributed by atoms with Gasteiger partial charge < -0.3 is 10.5 Å². The fourth-order valence-corrected chi connectivity index (χ4v) is 1.34. The second kappa shape index (κ2) is 5.29. The van der Waals surface area contributed by atoms with Crippen LogP contribution in [-0.2, 0) is 4.74 Å². The molecule has 4 heteroatoms. The van der Waals surface area contributed by atoms with Crippen LogP contribution in [0.5, 0.6) is 0 Å². The Morgan fingerprint density at radius 1 is 1.57 bits per heavy atom. The van der Waals surface area contributed by atoms with Gasteiger partial charge in [-0.2, -0.15) is 0 Å². The first kappa shape index (κ1) is 11.4. The molecule has 0 aliphatic rings. The van der Waals surface area contributed by atoms with Crippen molar-refractivity contribution in [2.45, 2.75) is 12.5 Å². The van der Waals surface area contributed by atoms with Crippen molar-refractivity contribution in [3.63, 3.8) is 0 Å². The molecule has 0 aliphatic heterocycles. The maximum absolute atomic E-state index is 12.8. The van der Waals surface area contributed by atoms with Crippen molar-refractivity contribution in [2.24, 2.45) is 5.73 Å². The van der Waals surface area contributed by atoms with Crippen molar-refractivity contribution >= 4 is 11.6 Å². The summed E-state index contributed by atoms with van der Waals surface area (Å²) in [5, 5.41) is 0.107. The zero-order valence-electron chi connectivity index (χ0n) is 7.97. The Morgan fingerprint density at radius 2 is 2.29 bits per heavy atom. The minimum Gasteiger partial charge on any atom is -0.385 e. The molecule has 0 aromatic heterocycles. The molecule has 1 unspecified atom stereocenters. The van der Waals surface area contributed by atoms with Crippen molar-refractivity contribution in [1.29, 1.82) is 0 Å². The number of methoxy groups -OCH3 is 1. The highest BCUT2D eigenvalue weighted by Gasteiger charge is 2.08. The normalized spacial score (nSPS) is 12.9. The van der Waals surface area contributed by atoms with Gasteiger partial charge >= 0.3 is 0 Å². The molecule has 14 heavy (non-hydrogen) atoms. The number of rotatable bonds is 4. The highest BCUT2D eigenvalue weighted by molar-refractivity contribution is 6.30. The zero-order valence-corrected chi connectivity index (χ0v) is 8.72. The smallest absolute Gasteiger partial charge is 0.141 e. The second-order valence-corrected chi connectivity index (χ2v) is 3.47. The van der Waals surface area contributed by atoms with E-state index >= 15 is 0 Å². The van der Waals surface area contributed by atoms with E-state index in [0.29, 0.717) is 13.0 Å². The van der Waals surface area contributed by atoms with E-state index in [2.05, 4.69) is 0 Å². The van der Waals surface area contributed by atoms with E-state index in [1.165, 1.54) is 6.07 Å².